The summed E-state index contributed by atoms with van der Waals surface area (Å²) >= 11 is 0. The summed E-state index contributed by atoms with van der Waals surface area (Å²) in [5.74, 6) is 2.34. The highest BCUT2D eigenvalue weighted by molar-refractivity contribution is 5.94. The second kappa shape index (κ2) is 12.9. The van der Waals surface area contributed by atoms with Crippen LogP contribution in [0.3, 0.4) is 0 Å². The van der Waals surface area contributed by atoms with Crippen molar-refractivity contribution in [1.82, 2.24) is 0 Å². The molecule has 3 aliphatic rings. The highest BCUT2D eigenvalue weighted by Crippen LogP contribution is 2.52. The van der Waals surface area contributed by atoms with Crippen molar-refractivity contribution in [2.45, 2.75) is 70.4 Å². The summed E-state index contributed by atoms with van der Waals surface area (Å²) in [6.07, 6.45) is 11.5. The van der Waals surface area contributed by atoms with E-state index in [2.05, 4.69) is 0 Å². The fourth-order valence-corrected chi connectivity index (χ4v) is 7.24. The van der Waals surface area contributed by atoms with Gasteiger partial charge in [-0.25, -0.2) is 0 Å². The van der Waals surface area contributed by atoms with E-state index in [-0.39, 0.29) is 18.4 Å². The molecule has 0 spiro atoms. The van der Waals surface area contributed by atoms with E-state index in [0.29, 0.717) is 42.6 Å². The molecule has 0 aliphatic heterocycles. The molecule has 38 heavy (non-hydrogen) atoms. The Kier molecular flexibility index (Phi) is 9.18. The van der Waals surface area contributed by atoms with Gasteiger partial charge < -0.3 is 19.8 Å². The average molecular weight is 518 g/mol. The van der Waals surface area contributed by atoms with Crippen LogP contribution in [0.5, 0.6) is 0 Å². The van der Waals surface area contributed by atoms with Crippen LogP contribution in [0.15, 0.2) is 72.5 Å². The van der Waals surface area contributed by atoms with Crippen LogP contribution in [0.1, 0.15) is 63.4 Å². The topological polar surface area (TPSA) is 70.0 Å². The molecule has 0 heterocycles. The summed E-state index contributed by atoms with van der Waals surface area (Å²) in [6.45, 7) is 1.13. The van der Waals surface area contributed by atoms with E-state index in [1.165, 1.54) is 25.7 Å². The number of allylic oxidation sites excluding steroid dienone is 1. The van der Waals surface area contributed by atoms with Gasteiger partial charge >= 0.3 is 0 Å². The zero-order chi connectivity index (χ0) is 26.3. The Morgan fingerprint density at radius 3 is 2.39 bits per heavy atom. The number of hydrogen-bond donors (Lipinski definition) is 2. The molecule has 0 aromatic heterocycles. The van der Waals surface area contributed by atoms with Gasteiger partial charge in [-0.2, -0.15) is 0 Å². The number of fused-ring (bicyclic) bond motifs is 1. The maximum atomic E-state index is 13.2. The summed E-state index contributed by atoms with van der Waals surface area (Å²) in [5, 5.41) is 21.6. The van der Waals surface area contributed by atoms with Gasteiger partial charge in [0, 0.05) is 18.2 Å². The first-order valence-corrected chi connectivity index (χ1v) is 14.6. The molecular formula is C33H43NO4. The van der Waals surface area contributed by atoms with Gasteiger partial charge in [-0.15, -0.1) is 0 Å². The highest BCUT2D eigenvalue weighted by Gasteiger charge is 2.49. The SMILES string of the molecule is O=C(COCCC1C[C@H]2C[C@@H](O)[C@H](C(O)=CCC3CCCC3)[C@@H]2C1)N(Cc1ccccc1)c1ccccc1. The van der Waals surface area contributed by atoms with Crippen LogP contribution < -0.4 is 4.90 Å². The Bertz CT molecular complexity index is 1050. The maximum Gasteiger partial charge on any atom is 0.253 e. The van der Waals surface area contributed by atoms with Crippen molar-refractivity contribution in [2.24, 2.45) is 29.6 Å². The minimum Gasteiger partial charge on any atom is -0.512 e. The third-order valence-corrected chi connectivity index (χ3v) is 9.19. The van der Waals surface area contributed by atoms with Crippen LogP contribution in [0.4, 0.5) is 5.69 Å². The fourth-order valence-electron chi connectivity index (χ4n) is 7.24. The van der Waals surface area contributed by atoms with Crippen molar-refractivity contribution in [3.8, 4) is 0 Å². The minimum absolute atomic E-state index is 0.0381. The molecule has 0 radical (unpaired) electrons. The van der Waals surface area contributed by atoms with E-state index in [1.807, 2.05) is 66.7 Å². The summed E-state index contributed by atoms with van der Waals surface area (Å²) < 4.78 is 5.91. The van der Waals surface area contributed by atoms with Crippen LogP contribution in [0.2, 0.25) is 0 Å². The number of amides is 1. The number of rotatable bonds is 11. The first kappa shape index (κ1) is 27.0. The van der Waals surface area contributed by atoms with Crippen molar-refractivity contribution in [2.75, 3.05) is 18.1 Å². The number of hydrogen-bond acceptors (Lipinski definition) is 4. The number of anilines is 1. The van der Waals surface area contributed by atoms with Gasteiger partial charge in [0.2, 0.25) is 0 Å². The third kappa shape index (κ3) is 6.68. The van der Waals surface area contributed by atoms with Crippen molar-refractivity contribution in [1.29, 1.82) is 0 Å². The highest BCUT2D eigenvalue weighted by atomic mass is 16.5. The Balaban J connectivity index is 1.10. The van der Waals surface area contributed by atoms with Crippen LogP contribution >= 0.6 is 0 Å². The second-order valence-corrected chi connectivity index (χ2v) is 11.7. The summed E-state index contributed by atoms with van der Waals surface area (Å²) in [4.78, 5) is 14.9. The number of ether oxygens (including phenoxy) is 1. The zero-order valence-corrected chi connectivity index (χ0v) is 22.5. The van der Waals surface area contributed by atoms with Crippen LogP contribution in [0, 0.1) is 29.6 Å². The molecule has 3 fully saturated rings. The summed E-state index contributed by atoms with van der Waals surface area (Å²) in [6, 6.07) is 19.8. The number of para-hydroxylation sites is 1. The monoisotopic (exact) mass is 517 g/mol. The van der Waals surface area contributed by atoms with Crippen molar-refractivity contribution < 1.29 is 19.7 Å². The maximum absolute atomic E-state index is 13.2. The standard InChI is InChI=1S/C33H43NO4/c35-30(16-15-24-9-7-8-10-24)33-29-20-26(19-27(29)21-31(33)36)17-18-38-23-32(37)34(28-13-5-2-6-14-28)22-25-11-3-1-4-12-25/h1-6,11-14,16,24,26-27,29,31,33,35-36H,7-10,15,17-23H2/t26?,27-,29+,31+,33-/m0/s1. The first-order valence-electron chi connectivity index (χ1n) is 14.6. The molecule has 2 aromatic carbocycles. The molecule has 0 bridgehead atoms. The predicted octanol–water partition coefficient (Wildman–Crippen LogP) is 6.67. The van der Waals surface area contributed by atoms with E-state index in [0.717, 1.165) is 43.4 Å². The van der Waals surface area contributed by atoms with Crippen molar-refractivity contribution >= 4 is 11.6 Å². The smallest absolute Gasteiger partial charge is 0.253 e. The molecule has 5 heteroatoms. The van der Waals surface area contributed by atoms with Gasteiger partial charge in [-0.1, -0.05) is 74.2 Å². The third-order valence-electron chi connectivity index (χ3n) is 9.19. The summed E-state index contributed by atoms with van der Waals surface area (Å²) in [7, 11) is 0. The number of carbonyl (C=O) groups excluding carboxylic acids is 1. The fraction of sp³-hybridized carbons (Fsp3) is 0.545. The van der Waals surface area contributed by atoms with Crippen molar-refractivity contribution in [3.05, 3.63) is 78.1 Å². The van der Waals surface area contributed by atoms with Crippen LogP contribution in [-0.4, -0.2) is 35.4 Å². The number of carbonyl (C=O) groups is 1. The lowest BCUT2D eigenvalue weighted by atomic mass is 9.87. The molecule has 1 amide bonds. The molecule has 5 nitrogen and oxygen atoms in total. The van der Waals surface area contributed by atoms with Gasteiger partial charge in [-0.3, -0.25) is 4.79 Å². The molecule has 5 rings (SSSR count). The quantitative estimate of drug-likeness (QED) is 0.258. The van der Waals surface area contributed by atoms with E-state index in [1.54, 1.807) is 4.90 Å². The number of benzene rings is 2. The van der Waals surface area contributed by atoms with Gasteiger partial charge in [-0.05, 0) is 79.5 Å². The van der Waals surface area contributed by atoms with Gasteiger partial charge in [0.25, 0.3) is 5.91 Å². The lowest BCUT2D eigenvalue weighted by Crippen LogP contribution is -2.33. The molecule has 204 valence electrons. The molecule has 1 unspecified atom stereocenters. The molecule has 5 atom stereocenters. The minimum atomic E-state index is -0.423. The molecular weight excluding hydrogens is 474 g/mol. The Morgan fingerprint density at radius 1 is 0.947 bits per heavy atom. The Morgan fingerprint density at radius 2 is 1.66 bits per heavy atom. The molecule has 3 aliphatic carbocycles. The average Bonchev–Trinajstić information content (AvgIpc) is 3.66. The van der Waals surface area contributed by atoms with Gasteiger partial charge in [0.1, 0.15) is 6.61 Å². The lowest BCUT2D eigenvalue weighted by Gasteiger charge is -2.23. The first-order chi connectivity index (χ1) is 18.6. The van der Waals surface area contributed by atoms with E-state index < -0.39 is 6.10 Å². The van der Waals surface area contributed by atoms with Gasteiger partial charge in [0.15, 0.2) is 0 Å². The molecule has 3 saturated carbocycles. The Hall–Kier alpha value is -2.63. The zero-order valence-electron chi connectivity index (χ0n) is 22.5. The number of aliphatic hydroxyl groups is 2. The van der Waals surface area contributed by atoms with E-state index >= 15 is 0 Å². The van der Waals surface area contributed by atoms with Crippen LogP contribution in [-0.2, 0) is 16.1 Å². The predicted molar refractivity (Wildman–Crippen MR) is 151 cm³/mol. The largest absolute Gasteiger partial charge is 0.512 e. The van der Waals surface area contributed by atoms with E-state index in [4.69, 9.17) is 4.74 Å². The lowest BCUT2D eigenvalue weighted by molar-refractivity contribution is -0.123. The Labute approximate surface area is 227 Å². The summed E-state index contributed by atoms with van der Waals surface area (Å²) in [5.41, 5.74) is 1.96. The molecule has 2 aromatic rings. The molecule has 0 saturated heterocycles. The normalized spacial score (nSPS) is 27.5. The molecule has 2 N–H and O–H groups in total. The number of nitrogens with zero attached hydrogens (tertiary/aromatic N) is 1. The second-order valence-electron chi connectivity index (χ2n) is 11.7. The van der Waals surface area contributed by atoms with Crippen LogP contribution in [0.25, 0.3) is 0 Å². The van der Waals surface area contributed by atoms with Gasteiger partial charge in [0.05, 0.1) is 18.4 Å². The van der Waals surface area contributed by atoms with Crippen molar-refractivity contribution in [3.63, 3.8) is 0 Å². The van der Waals surface area contributed by atoms with E-state index in [9.17, 15) is 15.0 Å². The number of aliphatic hydroxyl groups excluding tert-OH is 2.